The second-order valence-corrected chi connectivity index (χ2v) is 12.8. The van der Waals surface area contributed by atoms with Crippen LogP contribution >= 0.6 is 0 Å². The fourth-order valence-corrected chi connectivity index (χ4v) is 8.29. The van der Waals surface area contributed by atoms with Crippen LogP contribution in [-0.2, 0) is 4.79 Å². The molecule has 32 heavy (non-hydrogen) atoms. The first-order valence-corrected chi connectivity index (χ1v) is 13.2. The summed E-state index contributed by atoms with van der Waals surface area (Å²) in [7, 11) is 0. The summed E-state index contributed by atoms with van der Waals surface area (Å²) in [5.41, 5.74) is 4.78. The van der Waals surface area contributed by atoms with Crippen molar-refractivity contribution < 1.29 is 9.90 Å². The van der Waals surface area contributed by atoms with Crippen LogP contribution in [0.25, 0.3) is 0 Å². The van der Waals surface area contributed by atoms with Crippen molar-refractivity contribution in [3.8, 4) is 0 Å². The fourth-order valence-electron chi connectivity index (χ4n) is 8.29. The van der Waals surface area contributed by atoms with Gasteiger partial charge < -0.3 is 5.11 Å². The Bertz CT molecular complexity index is 862. The lowest BCUT2D eigenvalue weighted by atomic mass is 9.46. The molecule has 2 heteroatoms. The number of rotatable bonds is 5. The van der Waals surface area contributed by atoms with Crippen molar-refractivity contribution >= 4 is 5.78 Å². The SMILES string of the molecule is C=C(C[C@@H](O)[C@@H](C)[C@H]1CC[C@@]2(C)C3=CCC4[C@H](C)C(=O)CC[C@]4(C)C3=CC[C@]12C)C(C)C. The molecule has 1 N–H and O–H groups in total. The van der Waals surface area contributed by atoms with E-state index in [1.807, 2.05) is 0 Å². The van der Waals surface area contributed by atoms with Gasteiger partial charge in [0.1, 0.15) is 5.78 Å². The summed E-state index contributed by atoms with van der Waals surface area (Å²) in [5.74, 6) is 2.29. The summed E-state index contributed by atoms with van der Waals surface area (Å²) >= 11 is 0. The zero-order valence-corrected chi connectivity index (χ0v) is 21.6. The molecule has 0 heterocycles. The van der Waals surface area contributed by atoms with Crippen LogP contribution in [0.5, 0.6) is 0 Å². The van der Waals surface area contributed by atoms with E-state index >= 15 is 0 Å². The van der Waals surface area contributed by atoms with Gasteiger partial charge in [-0.25, -0.2) is 0 Å². The quantitative estimate of drug-likeness (QED) is 0.458. The normalized spacial score (nSPS) is 43.0. The molecule has 8 atom stereocenters. The third-order valence-electron chi connectivity index (χ3n) is 11.2. The Morgan fingerprint density at radius 3 is 2.50 bits per heavy atom. The minimum Gasteiger partial charge on any atom is -0.393 e. The standard InChI is InChI=1S/C30H46O2/c1-18(2)19(3)17-27(32)21(5)23-11-15-30(8)25-10-9-22-20(4)26(31)13-14-28(22,6)24(25)12-16-29(23,30)7/h10,12,18,20-23,27,32H,3,9,11,13-17H2,1-2,4-8H3/t20-,21-,22?,23+,27+,28-,29+,30-/m0/s1. The minimum absolute atomic E-state index is 0.139. The number of ketones is 1. The molecule has 0 bridgehead atoms. The van der Waals surface area contributed by atoms with Gasteiger partial charge in [-0.1, -0.05) is 72.8 Å². The molecular weight excluding hydrogens is 392 g/mol. The number of aliphatic hydroxyl groups excluding tert-OH is 1. The van der Waals surface area contributed by atoms with Crippen molar-refractivity contribution in [3.05, 3.63) is 35.5 Å². The van der Waals surface area contributed by atoms with Crippen LogP contribution in [0.4, 0.5) is 0 Å². The van der Waals surface area contributed by atoms with Crippen molar-refractivity contribution in [1.29, 1.82) is 0 Å². The Hall–Kier alpha value is -1.15. The summed E-state index contributed by atoms with van der Waals surface area (Å²) in [6, 6.07) is 0. The van der Waals surface area contributed by atoms with E-state index in [2.05, 4.69) is 67.2 Å². The van der Waals surface area contributed by atoms with E-state index in [-0.39, 0.29) is 34.2 Å². The molecule has 2 saturated carbocycles. The average Bonchev–Trinajstić information content (AvgIpc) is 3.01. The monoisotopic (exact) mass is 438 g/mol. The molecule has 178 valence electrons. The van der Waals surface area contributed by atoms with E-state index in [9.17, 15) is 9.90 Å². The van der Waals surface area contributed by atoms with Gasteiger partial charge >= 0.3 is 0 Å². The summed E-state index contributed by atoms with van der Waals surface area (Å²) < 4.78 is 0. The molecule has 0 aromatic rings. The second kappa shape index (κ2) is 7.97. The molecule has 0 saturated heterocycles. The summed E-state index contributed by atoms with van der Waals surface area (Å²) in [5, 5.41) is 11.1. The number of carbonyl (C=O) groups excluding carboxylic acids is 1. The molecule has 1 unspecified atom stereocenters. The molecule has 0 aliphatic heterocycles. The number of hydrogen-bond donors (Lipinski definition) is 1. The van der Waals surface area contributed by atoms with Crippen LogP contribution in [0, 0.1) is 45.8 Å². The summed E-state index contributed by atoms with van der Waals surface area (Å²) in [6.07, 6.45) is 11.8. The lowest BCUT2D eigenvalue weighted by Crippen LogP contribution is -2.50. The molecule has 0 amide bonds. The van der Waals surface area contributed by atoms with Crippen molar-refractivity contribution in [1.82, 2.24) is 0 Å². The minimum atomic E-state index is -0.313. The van der Waals surface area contributed by atoms with Gasteiger partial charge in [0.05, 0.1) is 6.10 Å². The highest BCUT2D eigenvalue weighted by molar-refractivity contribution is 5.82. The van der Waals surface area contributed by atoms with Gasteiger partial charge in [-0.15, -0.1) is 0 Å². The van der Waals surface area contributed by atoms with Crippen molar-refractivity contribution in [3.63, 3.8) is 0 Å². The van der Waals surface area contributed by atoms with Crippen molar-refractivity contribution in [2.45, 2.75) is 99.5 Å². The number of carbonyl (C=O) groups is 1. The number of fused-ring (bicyclic) bond motifs is 5. The van der Waals surface area contributed by atoms with E-state index < -0.39 is 0 Å². The van der Waals surface area contributed by atoms with Crippen LogP contribution in [0.3, 0.4) is 0 Å². The summed E-state index contributed by atoms with van der Waals surface area (Å²) in [6.45, 7) is 20.5. The van der Waals surface area contributed by atoms with E-state index in [4.69, 9.17) is 0 Å². The highest BCUT2D eigenvalue weighted by atomic mass is 16.3. The van der Waals surface area contributed by atoms with Crippen LogP contribution in [-0.4, -0.2) is 17.0 Å². The predicted octanol–water partition coefficient (Wildman–Crippen LogP) is 7.29. The molecule has 2 fully saturated rings. The first-order valence-electron chi connectivity index (χ1n) is 13.2. The Morgan fingerprint density at radius 2 is 1.84 bits per heavy atom. The topological polar surface area (TPSA) is 37.3 Å². The van der Waals surface area contributed by atoms with Gasteiger partial charge in [0.15, 0.2) is 0 Å². The van der Waals surface area contributed by atoms with Gasteiger partial charge in [-0.05, 0) is 89.6 Å². The smallest absolute Gasteiger partial charge is 0.136 e. The number of aliphatic hydroxyl groups is 1. The Balaban J connectivity index is 1.64. The zero-order chi connectivity index (χ0) is 23.6. The molecular formula is C30H46O2. The molecule has 4 rings (SSSR count). The first kappa shape index (κ1) is 24.0. The Labute approximate surface area is 196 Å². The lowest BCUT2D eigenvalue weighted by Gasteiger charge is -2.58. The zero-order valence-electron chi connectivity index (χ0n) is 21.6. The molecule has 2 nitrogen and oxygen atoms in total. The van der Waals surface area contributed by atoms with E-state index in [1.165, 1.54) is 12.8 Å². The number of hydrogen-bond acceptors (Lipinski definition) is 2. The number of allylic oxidation sites excluding steroid dienone is 4. The fraction of sp³-hybridized carbons (Fsp3) is 0.767. The van der Waals surface area contributed by atoms with Crippen molar-refractivity contribution in [2.75, 3.05) is 0 Å². The Kier molecular flexibility index (Phi) is 5.97. The Morgan fingerprint density at radius 1 is 1.16 bits per heavy atom. The average molecular weight is 439 g/mol. The van der Waals surface area contributed by atoms with E-state index in [1.54, 1.807) is 11.1 Å². The maximum absolute atomic E-state index is 12.5. The van der Waals surface area contributed by atoms with Crippen molar-refractivity contribution in [2.24, 2.45) is 45.8 Å². The predicted molar refractivity (Wildman–Crippen MR) is 133 cm³/mol. The van der Waals surface area contributed by atoms with Gasteiger partial charge in [0, 0.05) is 12.3 Å². The van der Waals surface area contributed by atoms with Gasteiger partial charge in [0.25, 0.3) is 0 Å². The molecule has 4 aliphatic carbocycles. The van der Waals surface area contributed by atoms with Crippen LogP contribution in [0.15, 0.2) is 35.5 Å². The molecule has 0 aromatic heterocycles. The molecule has 0 spiro atoms. The number of Topliss-reactive ketones (excluding diaryl/α,β-unsaturated/α-hetero) is 1. The third-order valence-corrected chi connectivity index (χ3v) is 11.2. The highest BCUT2D eigenvalue weighted by Crippen LogP contribution is 2.70. The largest absolute Gasteiger partial charge is 0.393 e. The van der Waals surface area contributed by atoms with E-state index in [0.29, 0.717) is 23.5 Å². The molecule has 4 aliphatic rings. The first-order chi connectivity index (χ1) is 14.9. The van der Waals surface area contributed by atoms with Crippen LogP contribution in [0.1, 0.15) is 93.4 Å². The third kappa shape index (κ3) is 3.26. The van der Waals surface area contributed by atoms with Crippen LogP contribution in [0.2, 0.25) is 0 Å². The molecule has 0 aromatic carbocycles. The van der Waals surface area contributed by atoms with Gasteiger partial charge in [-0.3, -0.25) is 4.79 Å². The lowest BCUT2D eigenvalue weighted by molar-refractivity contribution is -0.129. The second-order valence-electron chi connectivity index (χ2n) is 12.8. The van der Waals surface area contributed by atoms with Crippen LogP contribution < -0.4 is 0 Å². The highest BCUT2D eigenvalue weighted by Gasteiger charge is 2.62. The van der Waals surface area contributed by atoms with Gasteiger partial charge in [0.2, 0.25) is 0 Å². The van der Waals surface area contributed by atoms with Gasteiger partial charge in [-0.2, -0.15) is 0 Å². The summed E-state index contributed by atoms with van der Waals surface area (Å²) in [4.78, 5) is 12.5. The maximum Gasteiger partial charge on any atom is 0.136 e. The molecule has 0 radical (unpaired) electrons. The maximum atomic E-state index is 12.5. The van der Waals surface area contributed by atoms with E-state index in [0.717, 1.165) is 37.7 Å².